The van der Waals surface area contributed by atoms with E-state index in [-0.39, 0.29) is 36.3 Å². The second-order valence-corrected chi connectivity index (χ2v) is 8.56. The maximum atomic E-state index is 11.0. The number of hydrogen-bond acceptors (Lipinski definition) is 5. The summed E-state index contributed by atoms with van der Waals surface area (Å²) in [5.41, 5.74) is 0. The van der Waals surface area contributed by atoms with E-state index >= 15 is 0 Å². The Labute approximate surface area is 170 Å². The Kier molecular flexibility index (Phi) is 13.0. The van der Waals surface area contributed by atoms with Crippen molar-refractivity contribution in [1.82, 2.24) is 15.1 Å². The van der Waals surface area contributed by atoms with Gasteiger partial charge in [-0.05, 0) is 25.4 Å². The molecule has 1 atom stereocenters. The number of guanidine groups is 1. The van der Waals surface area contributed by atoms with Crippen molar-refractivity contribution in [3.8, 4) is 0 Å². The molecule has 0 aliphatic carbocycles. The maximum absolute atomic E-state index is 11.0. The van der Waals surface area contributed by atoms with Crippen LogP contribution in [-0.4, -0.2) is 95.7 Å². The molecule has 1 rings (SSSR count). The van der Waals surface area contributed by atoms with E-state index in [0.29, 0.717) is 19.1 Å². The van der Waals surface area contributed by atoms with Crippen molar-refractivity contribution in [3.63, 3.8) is 0 Å². The minimum absolute atomic E-state index is 0. The largest absolute Gasteiger partial charge is 0.379 e. The third-order valence-electron chi connectivity index (χ3n) is 4.34. The summed E-state index contributed by atoms with van der Waals surface area (Å²) >= 11 is 0. The highest BCUT2D eigenvalue weighted by Crippen LogP contribution is 2.17. The molecule has 7 nitrogen and oxygen atoms in total. The van der Waals surface area contributed by atoms with E-state index in [1.165, 1.54) is 12.7 Å². The lowest BCUT2D eigenvalue weighted by Gasteiger charge is -2.24. The molecule has 0 spiro atoms. The number of halogens is 1. The summed E-state index contributed by atoms with van der Waals surface area (Å²) in [6.45, 7) is 11.2. The van der Waals surface area contributed by atoms with Crippen LogP contribution in [0.5, 0.6) is 0 Å². The van der Waals surface area contributed by atoms with Crippen LogP contribution in [0.3, 0.4) is 0 Å². The van der Waals surface area contributed by atoms with Crippen LogP contribution < -0.4 is 5.32 Å². The van der Waals surface area contributed by atoms with Gasteiger partial charge in [0.05, 0.1) is 19.0 Å². The van der Waals surface area contributed by atoms with Gasteiger partial charge in [0.25, 0.3) is 0 Å². The van der Waals surface area contributed by atoms with Crippen LogP contribution in [0.4, 0.5) is 0 Å². The average molecular weight is 490 g/mol. The Morgan fingerprint density at radius 1 is 1.32 bits per heavy atom. The molecule has 1 heterocycles. The molecule has 0 aromatic rings. The third-order valence-corrected chi connectivity index (χ3v) is 5.24. The molecule has 1 aliphatic heterocycles. The van der Waals surface area contributed by atoms with Crippen LogP contribution in [-0.2, 0) is 14.6 Å². The first kappa shape index (κ1) is 24.9. The van der Waals surface area contributed by atoms with E-state index in [9.17, 15) is 8.42 Å². The van der Waals surface area contributed by atoms with Gasteiger partial charge in [0.2, 0.25) is 0 Å². The van der Waals surface area contributed by atoms with Gasteiger partial charge in [0, 0.05) is 39.5 Å². The number of ether oxygens (including phenoxy) is 1. The van der Waals surface area contributed by atoms with Gasteiger partial charge in [-0.15, -0.1) is 24.0 Å². The van der Waals surface area contributed by atoms with Gasteiger partial charge in [-0.3, -0.25) is 4.99 Å². The van der Waals surface area contributed by atoms with Gasteiger partial charge in [-0.1, -0.05) is 13.8 Å². The highest BCUT2D eigenvalue weighted by molar-refractivity contribution is 14.0. The smallest absolute Gasteiger partial charge is 0.193 e. The lowest BCUT2D eigenvalue weighted by atomic mass is 10.1. The van der Waals surface area contributed by atoms with Crippen molar-refractivity contribution in [2.24, 2.45) is 10.9 Å². The molecule has 0 saturated carbocycles. The molecule has 0 aromatic carbocycles. The lowest BCUT2D eigenvalue weighted by molar-refractivity contribution is 0.153. The zero-order chi connectivity index (χ0) is 18.0. The van der Waals surface area contributed by atoms with Crippen LogP contribution in [0.15, 0.2) is 4.99 Å². The Morgan fingerprint density at radius 2 is 2.00 bits per heavy atom. The minimum Gasteiger partial charge on any atom is -0.379 e. The summed E-state index contributed by atoms with van der Waals surface area (Å²) < 4.78 is 27.4. The molecule has 0 bridgehead atoms. The fourth-order valence-electron chi connectivity index (χ4n) is 2.90. The Hall–Kier alpha value is -0.130. The number of rotatable bonds is 10. The van der Waals surface area contributed by atoms with E-state index in [1.807, 2.05) is 0 Å². The van der Waals surface area contributed by atoms with Crippen LogP contribution in [0.1, 0.15) is 20.3 Å². The molecule has 1 aliphatic rings. The molecule has 150 valence electrons. The standard InChI is InChI=1S/C16H34N4O3S.HI/c1-5-19(6-2)13-15-7-9-20(14-15)16(17-3)18-8-10-23-11-12-24(4,21)22;/h15H,5-14H2,1-4H3,(H,17,18);1H. The Balaban J connectivity index is 0.00000576. The van der Waals surface area contributed by atoms with Crippen molar-refractivity contribution >= 4 is 39.8 Å². The summed E-state index contributed by atoms with van der Waals surface area (Å²) in [7, 11) is -1.15. The van der Waals surface area contributed by atoms with Crippen molar-refractivity contribution in [2.45, 2.75) is 20.3 Å². The van der Waals surface area contributed by atoms with Gasteiger partial charge in [0.1, 0.15) is 9.84 Å². The molecule has 1 unspecified atom stereocenters. The summed E-state index contributed by atoms with van der Waals surface area (Å²) in [5, 5.41) is 3.30. The first-order valence-electron chi connectivity index (χ1n) is 8.83. The minimum atomic E-state index is -2.95. The molecular formula is C16H35IN4O3S. The van der Waals surface area contributed by atoms with Crippen LogP contribution in [0, 0.1) is 5.92 Å². The van der Waals surface area contributed by atoms with Crippen LogP contribution >= 0.6 is 24.0 Å². The monoisotopic (exact) mass is 490 g/mol. The zero-order valence-corrected chi connectivity index (χ0v) is 19.2. The van der Waals surface area contributed by atoms with Crippen molar-refractivity contribution in [3.05, 3.63) is 0 Å². The summed E-state index contributed by atoms with van der Waals surface area (Å²) in [6.07, 6.45) is 2.42. The molecule has 0 radical (unpaired) electrons. The number of aliphatic imine (C=N–C) groups is 1. The zero-order valence-electron chi connectivity index (χ0n) is 16.0. The Bertz CT molecular complexity index is 484. The molecule has 1 fully saturated rings. The van der Waals surface area contributed by atoms with Gasteiger partial charge in [-0.2, -0.15) is 0 Å². The lowest BCUT2D eigenvalue weighted by Crippen LogP contribution is -2.42. The summed E-state index contributed by atoms with van der Waals surface area (Å²) in [4.78, 5) is 9.12. The van der Waals surface area contributed by atoms with E-state index < -0.39 is 9.84 Å². The quantitative estimate of drug-likeness (QED) is 0.212. The molecule has 9 heteroatoms. The van der Waals surface area contributed by atoms with Crippen LogP contribution in [0.25, 0.3) is 0 Å². The molecule has 1 saturated heterocycles. The SMILES string of the molecule is CCN(CC)CC1CCN(C(=NC)NCCOCCS(C)(=O)=O)C1.I. The Morgan fingerprint density at radius 3 is 2.56 bits per heavy atom. The van der Waals surface area contributed by atoms with Gasteiger partial charge < -0.3 is 19.9 Å². The second kappa shape index (κ2) is 13.1. The highest BCUT2D eigenvalue weighted by Gasteiger charge is 2.25. The highest BCUT2D eigenvalue weighted by atomic mass is 127. The first-order chi connectivity index (χ1) is 11.4. The molecular weight excluding hydrogens is 455 g/mol. The second-order valence-electron chi connectivity index (χ2n) is 6.30. The first-order valence-corrected chi connectivity index (χ1v) is 10.9. The fraction of sp³-hybridized carbons (Fsp3) is 0.938. The number of sulfone groups is 1. The summed E-state index contributed by atoms with van der Waals surface area (Å²) in [6, 6.07) is 0. The molecule has 0 amide bonds. The molecule has 0 aromatic heterocycles. The topological polar surface area (TPSA) is 74.2 Å². The predicted octanol–water partition coefficient (Wildman–Crippen LogP) is 0.905. The van der Waals surface area contributed by atoms with E-state index in [2.05, 4.69) is 34.0 Å². The molecule has 25 heavy (non-hydrogen) atoms. The van der Waals surface area contributed by atoms with Gasteiger partial charge >= 0.3 is 0 Å². The van der Waals surface area contributed by atoms with Crippen LogP contribution in [0.2, 0.25) is 0 Å². The van der Waals surface area contributed by atoms with Crippen molar-refractivity contribution in [2.75, 3.05) is 71.5 Å². The summed E-state index contributed by atoms with van der Waals surface area (Å²) in [5.74, 6) is 1.67. The normalized spacial score (nSPS) is 18.5. The van der Waals surface area contributed by atoms with Crippen molar-refractivity contribution < 1.29 is 13.2 Å². The maximum Gasteiger partial charge on any atom is 0.193 e. The third kappa shape index (κ3) is 10.6. The predicted molar refractivity (Wildman–Crippen MR) is 115 cm³/mol. The number of likely N-dealkylation sites (tertiary alicyclic amines) is 1. The van der Waals surface area contributed by atoms with Gasteiger partial charge in [0.15, 0.2) is 5.96 Å². The van der Waals surface area contributed by atoms with Gasteiger partial charge in [-0.25, -0.2) is 8.42 Å². The van der Waals surface area contributed by atoms with E-state index in [4.69, 9.17) is 4.74 Å². The average Bonchev–Trinajstić information content (AvgIpc) is 2.99. The van der Waals surface area contributed by atoms with E-state index in [0.717, 1.165) is 38.7 Å². The van der Waals surface area contributed by atoms with Crippen molar-refractivity contribution in [1.29, 1.82) is 0 Å². The number of nitrogens with one attached hydrogen (secondary N) is 1. The number of nitrogens with zero attached hydrogens (tertiary/aromatic N) is 3. The van der Waals surface area contributed by atoms with E-state index in [1.54, 1.807) is 7.05 Å². The number of hydrogen-bond donors (Lipinski definition) is 1. The fourth-order valence-corrected chi connectivity index (χ4v) is 3.32. The molecule has 1 N–H and O–H groups in total.